The monoisotopic (exact) mass is 403 g/mol. The Balaban J connectivity index is 2.06. The number of nitrogens with two attached hydrogens (primary N) is 1. The molecule has 0 fully saturated rings. The molecule has 0 aliphatic rings. The maximum atomic E-state index is 12.2. The summed E-state index contributed by atoms with van der Waals surface area (Å²) < 4.78 is 11.6. The lowest BCUT2D eigenvalue weighted by Crippen LogP contribution is -2.11. The summed E-state index contributed by atoms with van der Waals surface area (Å²) in [6.45, 7) is 3.59. The van der Waals surface area contributed by atoms with Crippen LogP contribution in [0.25, 0.3) is 16.8 Å². The summed E-state index contributed by atoms with van der Waals surface area (Å²) in [7, 11) is 1.25. The van der Waals surface area contributed by atoms with Gasteiger partial charge in [0.25, 0.3) is 0 Å². The van der Waals surface area contributed by atoms with Gasteiger partial charge >= 0.3 is 11.9 Å². The van der Waals surface area contributed by atoms with Crippen LogP contribution in [0.4, 0.5) is 5.69 Å². The predicted molar refractivity (Wildman–Crippen MR) is 112 cm³/mol. The molecular weight excluding hydrogens is 382 g/mol. The second-order valence-electron chi connectivity index (χ2n) is 6.86. The van der Waals surface area contributed by atoms with Gasteiger partial charge in [0.05, 0.1) is 30.0 Å². The van der Waals surface area contributed by atoms with E-state index in [1.807, 2.05) is 30.3 Å². The van der Waals surface area contributed by atoms with Crippen molar-refractivity contribution in [3.8, 4) is 22.9 Å². The third-order valence-electron chi connectivity index (χ3n) is 4.44. The quantitative estimate of drug-likeness (QED) is 0.646. The Morgan fingerprint density at radius 3 is 2.37 bits per heavy atom. The molecule has 3 aromatic rings. The summed E-state index contributed by atoms with van der Waals surface area (Å²) in [6, 6.07) is 16.4. The molecule has 0 amide bonds. The van der Waals surface area contributed by atoms with E-state index >= 15 is 0 Å². The summed E-state index contributed by atoms with van der Waals surface area (Å²) in [5.74, 6) is -1.04. The zero-order valence-corrected chi connectivity index (χ0v) is 16.9. The van der Waals surface area contributed by atoms with Crippen molar-refractivity contribution >= 4 is 17.6 Å². The highest BCUT2D eigenvalue weighted by Crippen LogP contribution is 2.28. The SMILES string of the molecule is COC(=O)c1c(N)c(C#N)cn1-c1cccc(-c2cccc(C(=O)OC(C)C)c2)c1. The van der Waals surface area contributed by atoms with Gasteiger partial charge in [0.15, 0.2) is 5.69 Å². The number of nitrogens with zero attached hydrogens (tertiary/aromatic N) is 2. The molecule has 0 spiro atoms. The average Bonchev–Trinajstić information content (AvgIpc) is 3.09. The number of aromatic nitrogens is 1. The fourth-order valence-corrected chi connectivity index (χ4v) is 3.06. The van der Waals surface area contributed by atoms with Crippen LogP contribution in [-0.4, -0.2) is 29.7 Å². The van der Waals surface area contributed by atoms with Crippen LogP contribution in [0.1, 0.15) is 40.3 Å². The molecule has 0 saturated carbocycles. The summed E-state index contributed by atoms with van der Waals surface area (Å²) in [6.07, 6.45) is 1.28. The van der Waals surface area contributed by atoms with Crippen molar-refractivity contribution in [3.63, 3.8) is 0 Å². The van der Waals surface area contributed by atoms with Gasteiger partial charge in [-0.05, 0) is 49.2 Å². The molecule has 152 valence electrons. The number of anilines is 1. The summed E-state index contributed by atoms with van der Waals surface area (Å²) in [5, 5.41) is 9.30. The summed E-state index contributed by atoms with van der Waals surface area (Å²) in [4.78, 5) is 24.5. The molecule has 3 rings (SSSR count). The molecular formula is C23H21N3O4. The van der Waals surface area contributed by atoms with Crippen molar-refractivity contribution in [3.05, 3.63) is 71.5 Å². The number of rotatable bonds is 5. The van der Waals surface area contributed by atoms with Crippen LogP contribution in [0.5, 0.6) is 0 Å². The Hall–Kier alpha value is -4.05. The maximum absolute atomic E-state index is 12.2. The molecule has 7 nitrogen and oxygen atoms in total. The van der Waals surface area contributed by atoms with Gasteiger partial charge in [-0.2, -0.15) is 5.26 Å². The van der Waals surface area contributed by atoms with Crippen molar-refractivity contribution in [1.29, 1.82) is 5.26 Å². The number of benzene rings is 2. The number of hydrogen-bond donors (Lipinski definition) is 1. The molecule has 0 saturated heterocycles. The Morgan fingerprint density at radius 2 is 1.73 bits per heavy atom. The van der Waals surface area contributed by atoms with Crippen LogP contribution < -0.4 is 5.73 Å². The van der Waals surface area contributed by atoms with Gasteiger partial charge in [0.2, 0.25) is 0 Å². The molecule has 30 heavy (non-hydrogen) atoms. The molecule has 0 aliphatic heterocycles. The van der Waals surface area contributed by atoms with Crippen molar-refractivity contribution in [2.75, 3.05) is 12.8 Å². The van der Waals surface area contributed by atoms with Crippen molar-refractivity contribution < 1.29 is 19.1 Å². The van der Waals surface area contributed by atoms with E-state index in [0.717, 1.165) is 11.1 Å². The van der Waals surface area contributed by atoms with E-state index in [1.54, 1.807) is 38.1 Å². The standard InChI is InChI=1S/C23H21N3O4/c1-14(2)30-22(27)17-8-4-6-15(10-17)16-7-5-9-19(11-16)26-13-18(12-24)20(25)21(26)23(28)29-3/h4-11,13-14H,25H2,1-3H3. The van der Waals surface area contributed by atoms with Crippen LogP contribution in [0.2, 0.25) is 0 Å². The van der Waals surface area contributed by atoms with Crippen molar-refractivity contribution in [2.45, 2.75) is 20.0 Å². The molecule has 1 aromatic heterocycles. The van der Waals surface area contributed by atoms with Crippen LogP contribution in [0.15, 0.2) is 54.7 Å². The molecule has 1 heterocycles. The number of nitriles is 1. The Labute approximate surface area is 174 Å². The Morgan fingerprint density at radius 1 is 1.07 bits per heavy atom. The molecule has 0 aliphatic carbocycles. The van der Waals surface area contributed by atoms with Gasteiger partial charge in [-0.25, -0.2) is 9.59 Å². The minimum Gasteiger partial charge on any atom is -0.464 e. The maximum Gasteiger partial charge on any atom is 0.357 e. The number of carbonyl (C=O) groups excluding carboxylic acids is 2. The Kier molecular flexibility index (Phi) is 5.88. The molecule has 0 unspecified atom stereocenters. The Bertz CT molecular complexity index is 1160. The highest BCUT2D eigenvalue weighted by molar-refractivity contribution is 5.96. The van der Waals surface area contributed by atoms with Gasteiger partial charge in [-0.1, -0.05) is 24.3 Å². The number of nitrogen functional groups attached to an aromatic ring is 1. The van der Waals surface area contributed by atoms with Crippen molar-refractivity contribution in [1.82, 2.24) is 4.57 Å². The number of ether oxygens (including phenoxy) is 2. The number of esters is 2. The van der Waals surface area contributed by atoms with Crippen LogP contribution in [0.3, 0.4) is 0 Å². The molecule has 0 atom stereocenters. The van der Waals surface area contributed by atoms with Gasteiger partial charge in [0.1, 0.15) is 6.07 Å². The largest absolute Gasteiger partial charge is 0.464 e. The van der Waals surface area contributed by atoms with E-state index in [9.17, 15) is 14.9 Å². The van der Waals surface area contributed by atoms with E-state index < -0.39 is 11.9 Å². The van der Waals surface area contributed by atoms with Gasteiger partial charge in [-0.3, -0.25) is 0 Å². The second kappa shape index (κ2) is 8.53. The van der Waals surface area contributed by atoms with Crippen LogP contribution in [0, 0.1) is 11.3 Å². The zero-order valence-electron chi connectivity index (χ0n) is 16.9. The van der Waals surface area contributed by atoms with E-state index in [2.05, 4.69) is 0 Å². The first-order chi connectivity index (χ1) is 14.3. The molecule has 2 aromatic carbocycles. The predicted octanol–water partition coefficient (Wildman–Crippen LogP) is 3.95. The number of methoxy groups -OCH3 is 1. The van der Waals surface area contributed by atoms with Crippen LogP contribution in [-0.2, 0) is 9.47 Å². The smallest absolute Gasteiger partial charge is 0.357 e. The van der Waals surface area contributed by atoms with E-state index in [-0.39, 0.29) is 23.0 Å². The topological polar surface area (TPSA) is 107 Å². The normalized spacial score (nSPS) is 10.5. The molecule has 2 N–H and O–H groups in total. The van der Waals surface area contributed by atoms with Gasteiger partial charge < -0.3 is 19.8 Å². The van der Waals surface area contributed by atoms with E-state index in [0.29, 0.717) is 11.3 Å². The molecule has 0 bridgehead atoms. The highest BCUT2D eigenvalue weighted by atomic mass is 16.5. The number of hydrogen-bond acceptors (Lipinski definition) is 6. The molecule has 0 radical (unpaired) electrons. The lowest BCUT2D eigenvalue weighted by Gasteiger charge is -2.12. The minimum absolute atomic E-state index is 0.0631. The highest BCUT2D eigenvalue weighted by Gasteiger charge is 2.22. The zero-order chi connectivity index (χ0) is 21.8. The van der Waals surface area contributed by atoms with E-state index in [4.69, 9.17) is 15.2 Å². The fraction of sp³-hybridized carbons (Fsp3) is 0.174. The van der Waals surface area contributed by atoms with Gasteiger partial charge in [-0.15, -0.1) is 0 Å². The first-order valence-corrected chi connectivity index (χ1v) is 9.26. The lowest BCUT2D eigenvalue weighted by atomic mass is 10.0. The van der Waals surface area contributed by atoms with E-state index in [1.165, 1.54) is 17.9 Å². The number of carbonyl (C=O) groups is 2. The van der Waals surface area contributed by atoms with Gasteiger partial charge in [0, 0.05) is 11.9 Å². The molecule has 7 heteroatoms. The lowest BCUT2D eigenvalue weighted by molar-refractivity contribution is 0.0377. The summed E-state index contributed by atoms with van der Waals surface area (Å²) >= 11 is 0. The fourth-order valence-electron chi connectivity index (χ4n) is 3.06. The summed E-state index contributed by atoms with van der Waals surface area (Å²) in [5.41, 5.74) is 8.98. The van der Waals surface area contributed by atoms with Crippen LogP contribution >= 0.6 is 0 Å². The first kappa shape index (κ1) is 20.7. The van der Waals surface area contributed by atoms with Crippen molar-refractivity contribution in [2.24, 2.45) is 0 Å². The minimum atomic E-state index is -0.641. The second-order valence-corrected chi connectivity index (χ2v) is 6.86. The first-order valence-electron chi connectivity index (χ1n) is 9.26. The third-order valence-corrected chi connectivity index (χ3v) is 4.44. The average molecular weight is 403 g/mol. The third kappa shape index (κ3) is 4.03.